The van der Waals surface area contributed by atoms with Crippen LogP contribution in [0.1, 0.15) is 17.0 Å². The van der Waals surface area contributed by atoms with Crippen LogP contribution in [0.2, 0.25) is 0 Å². The molecule has 7 heteroatoms. The Kier molecular flexibility index (Phi) is 4.52. The molecule has 0 aliphatic rings. The highest BCUT2D eigenvalue weighted by Crippen LogP contribution is 2.27. The molecule has 0 amide bonds. The molecule has 136 valence electrons. The first kappa shape index (κ1) is 17.4. The van der Waals surface area contributed by atoms with Crippen LogP contribution in [0.4, 0.5) is 0 Å². The van der Waals surface area contributed by atoms with Crippen LogP contribution in [0.5, 0.6) is 0 Å². The number of benzene rings is 1. The second-order valence-corrected chi connectivity index (χ2v) is 6.30. The summed E-state index contributed by atoms with van der Waals surface area (Å²) in [5.74, 6) is 0.699. The summed E-state index contributed by atoms with van der Waals surface area (Å²) >= 11 is 0. The molecule has 0 atom stereocenters. The summed E-state index contributed by atoms with van der Waals surface area (Å²) in [5.41, 5.74) is 4.41. The van der Waals surface area contributed by atoms with Crippen molar-refractivity contribution in [2.75, 3.05) is 0 Å². The first-order valence-corrected chi connectivity index (χ1v) is 8.67. The van der Waals surface area contributed by atoms with Crippen LogP contribution in [0, 0.1) is 18.3 Å². The van der Waals surface area contributed by atoms with Crippen LogP contribution < -0.4 is 0 Å². The van der Waals surface area contributed by atoms with Gasteiger partial charge in [0.05, 0.1) is 22.8 Å². The van der Waals surface area contributed by atoms with Gasteiger partial charge in [0.25, 0.3) is 0 Å². The van der Waals surface area contributed by atoms with Gasteiger partial charge in [-0.1, -0.05) is 12.1 Å². The number of fused-ring (bicyclic) bond motifs is 1. The minimum Gasteiger partial charge on any atom is -0.411 e. The fourth-order valence-corrected chi connectivity index (χ4v) is 3.03. The van der Waals surface area contributed by atoms with Crippen LogP contribution in [-0.4, -0.2) is 31.2 Å². The fraction of sp³-hybridized carbons (Fsp3) is 0.0952. The standard InChI is InChI=1S/C21H16N6O/c1-14-4-2-7-21(24-14)27-13-18-16(12-22)10-15(11-20(18)26-27)19-6-3-5-17(25-19)8-9-23-28/h2-7,9-11,13,28H,8H2,1H3/b23-9-. The van der Waals surface area contributed by atoms with E-state index in [1.54, 1.807) is 4.68 Å². The molecule has 0 radical (unpaired) electrons. The fourth-order valence-electron chi connectivity index (χ4n) is 3.03. The van der Waals surface area contributed by atoms with Crippen molar-refractivity contribution in [3.8, 4) is 23.1 Å². The van der Waals surface area contributed by atoms with Gasteiger partial charge in [0.2, 0.25) is 0 Å². The molecule has 3 heterocycles. The first-order chi connectivity index (χ1) is 13.7. The van der Waals surface area contributed by atoms with Crippen molar-refractivity contribution >= 4 is 17.1 Å². The molecule has 7 nitrogen and oxygen atoms in total. The number of nitrogens with zero attached hydrogens (tertiary/aromatic N) is 6. The molecule has 1 N–H and O–H groups in total. The highest BCUT2D eigenvalue weighted by atomic mass is 16.4. The van der Waals surface area contributed by atoms with Gasteiger partial charge in [0.15, 0.2) is 5.82 Å². The molecule has 3 aromatic heterocycles. The summed E-state index contributed by atoms with van der Waals surface area (Å²) in [6, 6.07) is 17.3. The Labute approximate surface area is 161 Å². The number of nitriles is 1. The molecule has 0 bridgehead atoms. The number of pyridine rings is 2. The van der Waals surface area contributed by atoms with E-state index in [4.69, 9.17) is 5.21 Å². The van der Waals surface area contributed by atoms with Crippen molar-refractivity contribution in [2.45, 2.75) is 13.3 Å². The molecule has 0 saturated heterocycles. The van der Waals surface area contributed by atoms with Crippen molar-refractivity contribution in [1.29, 1.82) is 5.26 Å². The van der Waals surface area contributed by atoms with E-state index in [2.05, 4.69) is 26.3 Å². The Morgan fingerprint density at radius 1 is 1.18 bits per heavy atom. The first-order valence-electron chi connectivity index (χ1n) is 8.67. The molecule has 0 saturated carbocycles. The van der Waals surface area contributed by atoms with E-state index in [9.17, 15) is 5.26 Å². The maximum Gasteiger partial charge on any atom is 0.153 e. The highest BCUT2D eigenvalue weighted by molar-refractivity contribution is 5.89. The Morgan fingerprint density at radius 3 is 2.82 bits per heavy atom. The third kappa shape index (κ3) is 3.31. The van der Waals surface area contributed by atoms with E-state index in [1.165, 1.54) is 6.21 Å². The maximum absolute atomic E-state index is 9.63. The van der Waals surface area contributed by atoms with Crippen molar-refractivity contribution < 1.29 is 5.21 Å². The van der Waals surface area contributed by atoms with Gasteiger partial charge in [-0.3, -0.25) is 4.98 Å². The predicted octanol–water partition coefficient (Wildman–Crippen LogP) is 3.67. The molecular weight excluding hydrogens is 352 g/mol. The third-order valence-corrected chi connectivity index (χ3v) is 4.34. The lowest BCUT2D eigenvalue weighted by atomic mass is 10.0. The number of aryl methyl sites for hydroxylation is 1. The molecule has 0 aliphatic carbocycles. The summed E-state index contributed by atoms with van der Waals surface area (Å²) in [6.45, 7) is 1.92. The second-order valence-electron chi connectivity index (χ2n) is 6.30. The highest BCUT2D eigenvalue weighted by Gasteiger charge is 2.12. The Hall–Kier alpha value is -4.05. The number of oxime groups is 1. The average molecular weight is 368 g/mol. The zero-order valence-electron chi connectivity index (χ0n) is 15.1. The van der Waals surface area contributed by atoms with Crippen LogP contribution >= 0.6 is 0 Å². The van der Waals surface area contributed by atoms with Gasteiger partial charge < -0.3 is 5.21 Å². The molecule has 1 aromatic carbocycles. The molecular formula is C21H16N6O. The molecule has 0 unspecified atom stereocenters. The Morgan fingerprint density at radius 2 is 2.04 bits per heavy atom. The molecule has 0 fully saturated rings. The summed E-state index contributed by atoms with van der Waals surface area (Å²) in [6.07, 6.45) is 3.62. The topological polar surface area (TPSA) is 100.0 Å². The van der Waals surface area contributed by atoms with Crippen LogP contribution in [0.25, 0.3) is 28.0 Å². The normalized spacial score (nSPS) is 11.1. The lowest BCUT2D eigenvalue weighted by Gasteiger charge is -2.04. The largest absolute Gasteiger partial charge is 0.411 e. The van der Waals surface area contributed by atoms with Crippen LogP contribution in [0.15, 0.2) is 59.9 Å². The van der Waals surface area contributed by atoms with Crippen LogP contribution in [-0.2, 0) is 6.42 Å². The predicted molar refractivity (Wildman–Crippen MR) is 106 cm³/mol. The summed E-state index contributed by atoms with van der Waals surface area (Å²) < 4.78 is 1.68. The lowest BCUT2D eigenvalue weighted by molar-refractivity contribution is 0.320. The number of rotatable bonds is 4. The zero-order valence-corrected chi connectivity index (χ0v) is 15.1. The van der Waals surface area contributed by atoms with Gasteiger partial charge in [-0.05, 0) is 43.3 Å². The van der Waals surface area contributed by atoms with Crippen LogP contribution in [0.3, 0.4) is 0 Å². The van der Waals surface area contributed by atoms with Gasteiger partial charge in [0.1, 0.15) is 0 Å². The molecule has 4 rings (SSSR count). The van der Waals surface area contributed by atoms with E-state index < -0.39 is 0 Å². The van der Waals surface area contributed by atoms with E-state index in [0.717, 1.165) is 28.0 Å². The molecule has 4 aromatic rings. The third-order valence-electron chi connectivity index (χ3n) is 4.34. The lowest BCUT2D eigenvalue weighted by Crippen LogP contribution is -1.98. The average Bonchev–Trinajstić information content (AvgIpc) is 3.16. The number of hydrogen-bond acceptors (Lipinski definition) is 6. The summed E-state index contributed by atoms with van der Waals surface area (Å²) in [7, 11) is 0. The molecule has 0 spiro atoms. The van der Waals surface area contributed by atoms with Crippen molar-refractivity contribution in [2.24, 2.45) is 5.16 Å². The number of aromatic nitrogens is 4. The minimum atomic E-state index is 0.422. The van der Waals surface area contributed by atoms with Crippen molar-refractivity contribution in [1.82, 2.24) is 19.7 Å². The van der Waals surface area contributed by atoms with Gasteiger partial charge >= 0.3 is 0 Å². The van der Waals surface area contributed by atoms with Gasteiger partial charge in [-0.15, -0.1) is 5.16 Å². The molecule has 0 aliphatic heterocycles. The Bertz CT molecular complexity index is 1240. The second kappa shape index (κ2) is 7.29. The van der Waals surface area contributed by atoms with Crippen molar-refractivity contribution in [3.05, 3.63) is 71.7 Å². The van der Waals surface area contributed by atoms with Gasteiger partial charge in [-0.25, -0.2) is 9.67 Å². The van der Waals surface area contributed by atoms with E-state index in [1.807, 2.05) is 61.7 Å². The SMILES string of the molecule is Cc1cccc(-n2cc3c(C#N)cc(-c4cccc(C/C=N\O)n4)cc3n2)n1. The molecule has 28 heavy (non-hydrogen) atoms. The quantitative estimate of drug-likeness (QED) is 0.336. The van der Waals surface area contributed by atoms with Crippen molar-refractivity contribution in [3.63, 3.8) is 0 Å². The number of hydrogen-bond donors (Lipinski definition) is 1. The van der Waals surface area contributed by atoms with Gasteiger partial charge in [0, 0.05) is 41.2 Å². The van der Waals surface area contributed by atoms with E-state index >= 15 is 0 Å². The summed E-state index contributed by atoms with van der Waals surface area (Å²) in [4.78, 5) is 9.07. The Balaban J connectivity index is 1.82. The minimum absolute atomic E-state index is 0.422. The van der Waals surface area contributed by atoms with Gasteiger partial charge in [-0.2, -0.15) is 10.4 Å². The van der Waals surface area contributed by atoms with E-state index in [-0.39, 0.29) is 0 Å². The smallest absolute Gasteiger partial charge is 0.153 e. The monoisotopic (exact) mass is 368 g/mol. The van der Waals surface area contributed by atoms with E-state index in [0.29, 0.717) is 23.3 Å². The zero-order chi connectivity index (χ0) is 19.5. The maximum atomic E-state index is 9.63. The summed E-state index contributed by atoms with van der Waals surface area (Å²) in [5, 5.41) is 26.6.